The molecule has 1 aromatic carbocycles. The van der Waals surface area contributed by atoms with Crippen molar-refractivity contribution >= 4 is 27.7 Å². The summed E-state index contributed by atoms with van der Waals surface area (Å²) in [6.45, 7) is 1.46. The van der Waals surface area contributed by atoms with Crippen molar-refractivity contribution in [3.63, 3.8) is 0 Å². The van der Waals surface area contributed by atoms with E-state index in [-0.39, 0.29) is 15.9 Å². The predicted molar refractivity (Wildman–Crippen MR) is 74.8 cm³/mol. The highest BCUT2D eigenvalue weighted by atomic mass is 79.9. The van der Waals surface area contributed by atoms with Gasteiger partial charge >= 0.3 is 6.18 Å². The largest absolute Gasteiger partial charge is 0.417 e. The van der Waals surface area contributed by atoms with Crippen LogP contribution in [0.3, 0.4) is 0 Å². The fraction of sp³-hybridized carbons (Fsp3) is 0.385. The van der Waals surface area contributed by atoms with Crippen molar-refractivity contribution in [1.82, 2.24) is 10.2 Å². The number of hydrogen-bond donors (Lipinski definition) is 1. The lowest BCUT2D eigenvalue weighted by Crippen LogP contribution is -2.44. The highest BCUT2D eigenvalue weighted by molar-refractivity contribution is 9.10. The maximum absolute atomic E-state index is 12.8. The summed E-state index contributed by atoms with van der Waals surface area (Å²) in [6, 6.07) is 2.31. The Balaban J connectivity index is 2.97. The molecule has 0 aliphatic rings. The van der Waals surface area contributed by atoms with Gasteiger partial charge < -0.3 is 10.2 Å². The molecule has 1 rings (SSSR count). The number of carbonyl (C=O) groups is 2. The second-order valence-electron chi connectivity index (χ2n) is 4.62. The molecule has 8 heteroatoms. The summed E-state index contributed by atoms with van der Waals surface area (Å²) in [5.41, 5.74) is -1.11. The molecule has 0 radical (unpaired) electrons. The minimum absolute atomic E-state index is 0.149. The zero-order valence-corrected chi connectivity index (χ0v) is 13.2. The summed E-state index contributed by atoms with van der Waals surface area (Å²) >= 11 is 2.80. The second kappa shape index (κ2) is 6.46. The van der Waals surface area contributed by atoms with Crippen LogP contribution in [0, 0.1) is 0 Å². The van der Waals surface area contributed by atoms with Crippen LogP contribution >= 0.6 is 15.9 Å². The summed E-state index contributed by atoms with van der Waals surface area (Å²) in [7, 11) is 3.04. The first-order valence-electron chi connectivity index (χ1n) is 5.92. The lowest BCUT2D eigenvalue weighted by molar-refractivity contribution is -0.138. The van der Waals surface area contributed by atoms with Gasteiger partial charge in [-0.15, -0.1) is 0 Å². The molecule has 1 N–H and O–H groups in total. The Morgan fingerprint density at radius 1 is 1.29 bits per heavy atom. The van der Waals surface area contributed by atoms with Crippen LogP contribution in [0.5, 0.6) is 0 Å². The molecule has 0 saturated heterocycles. The van der Waals surface area contributed by atoms with Gasteiger partial charge in [0.1, 0.15) is 6.04 Å². The van der Waals surface area contributed by atoms with Crippen LogP contribution < -0.4 is 5.32 Å². The Kier molecular flexibility index (Phi) is 5.38. The van der Waals surface area contributed by atoms with E-state index in [1.165, 1.54) is 32.0 Å². The zero-order chi connectivity index (χ0) is 16.4. The lowest BCUT2D eigenvalue weighted by Gasteiger charge is -2.18. The van der Waals surface area contributed by atoms with E-state index < -0.39 is 23.7 Å². The van der Waals surface area contributed by atoms with E-state index >= 15 is 0 Å². The summed E-state index contributed by atoms with van der Waals surface area (Å²) in [5.74, 6) is -1.09. The number of carbonyl (C=O) groups excluding carboxylic acids is 2. The Bertz CT molecular complexity index is 559. The van der Waals surface area contributed by atoms with Gasteiger partial charge in [-0.05, 0) is 25.1 Å². The summed E-state index contributed by atoms with van der Waals surface area (Å²) < 4.78 is 38.1. The molecule has 1 atom stereocenters. The van der Waals surface area contributed by atoms with E-state index in [4.69, 9.17) is 0 Å². The minimum Gasteiger partial charge on any atom is -0.347 e. The Morgan fingerprint density at radius 3 is 2.33 bits per heavy atom. The van der Waals surface area contributed by atoms with Gasteiger partial charge in [-0.25, -0.2) is 0 Å². The number of rotatable bonds is 3. The maximum Gasteiger partial charge on any atom is 0.417 e. The smallest absolute Gasteiger partial charge is 0.347 e. The molecule has 0 aromatic heterocycles. The van der Waals surface area contributed by atoms with Gasteiger partial charge in [0.25, 0.3) is 5.91 Å². The number of amides is 2. The minimum atomic E-state index is -4.57. The van der Waals surface area contributed by atoms with Crippen molar-refractivity contribution in [2.75, 3.05) is 14.1 Å². The van der Waals surface area contributed by atoms with E-state index in [1.807, 2.05) is 0 Å². The Labute approximate surface area is 128 Å². The number of halogens is 4. The maximum atomic E-state index is 12.8. The molecular weight excluding hydrogens is 353 g/mol. The van der Waals surface area contributed by atoms with Crippen molar-refractivity contribution in [3.8, 4) is 0 Å². The first-order valence-corrected chi connectivity index (χ1v) is 6.72. The Morgan fingerprint density at radius 2 is 1.86 bits per heavy atom. The highest BCUT2D eigenvalue weighted by Crippen LogP contribution is 2.35. The average molecular weight is 367 g/mol. The number of benzene rings is 1. The van der Waals surface area contributed by atoms with Crippen LogP contribution in [0.1, 0.15) is 22.8 Å². The normalized spacial score (nSPS) is 12.7. The first-order chi connectivity index (χ1) is 9.54. The van der Waals surface area contributed by atoms with E-state index in [0.717, 1.165) is 12.1 Å². The topological polar surface area (TPSA) is 49.4 Å². The van der Waals surface area contributed by atoms with Crippen LogP contribution in [0.4, 0.5) is 13.2 Å². The first kappa shape index (κ1) is 17.5. The van der Waals surface area contributed by atoms with Crippen molar-refractivity contribution in [1.29, 1.82) is 0 Å². The SMILES string of the molecule is CC(NC(=O)c1ccc(Br)c(C(F)(F)F)c1)C(=O)N(C)C. The molecule has 21 heavy (non-hydrogen) atoms. The van der Waals surface area contributed by atoms with Gasteiger partial charge in [0.15, 0.2) is 0 Å². The standard InChI is InChI=1S/C13H14BrF3N2O2/c1-7(12(21)19(2)3)18-11(20)8-4-5-10(14)9(6-8)13(15,16)17/h4-7H,1-3H3,(H,18,20). The van der Waals surface area contributed by atoms with Crippen LogP contribution in [0.2, 0.25) is 0 Å². The van der Waals surface area contributed by atoms with Crippen molar-refractivity contribution in [2.45, 2.75) is 19.1 Å². The van der Waals surface area contributed by atoms with Crippen LogP contribution in [-0.4, -0.2) is 36.9 Å². The molecule has 116 valence electrons. The summed E-state index contributed by atoms with van der Waals surface area (Å²) in [6.07, 6.45) is -4.57. The van der Waals surface area contributed by atoms with Gasteiger partial charge in [-0.3, -0.25) is 9.59 Å². The molecule has 1 unspecified atom stereocenters. The quantitative estimate of drug-likeness (QED) is 0.893. The van der Waals surface area contributed by atoms with Crippen LogP contribution in [-0.2, 0) is 11.0 Å². The molecule has 0 saturated carbocycles. The monoisotopic (exact) mass is 366 g/mol. The molecule has 0 fully saturated rings. The average Bonchev–Trinajstić information content (AvgIpc) is 2.36. The highest BCUT2D eigenvalue weighted by Gasteiger charge is 2.33. The van der Waals surface area contributed by atoms with E-state index in [0.29, 0.717) is 0 Å². The fourth-order valence-corrected chi connectivity index (χ4v) is 2.08. The van der Waals surface area contributed by atoms with E-state index in [2.05, 4.69) is 21.2 Å². The predicted octanol–water partition coefficient (Wildman–Crippen LogP) is 2.67. The van der Waals surface area contributed by atoms with Crippen molar-refractivity contribution < 1.29 is 22.8 Å². The van der Waals surface area contributed by atoms with Crippen molar-refractivity contribution in [2.24, 2.45) is 0 Å². The summed E-state index contributed by atoms with van der Waals surface area (Å²) in [5, 5.41) is 2.36. The third-order valence-corrected chi connectivity index (χ3v) is 3.38. The molecule has 0 aliphatic heterocycles. The molecule has 0 spiro atoms. The molecule has 2 amide bonds. The second-order valence-corrected chi connectivity index (χ2v) is 5.47. The molecule has 0 aliphatic carbocycles. The van der Waals surface area contributed by atoms with Gasteiger partial charge in [0.05, 0.1) is 5.56 Å². The van der Waals surface area contributed by atoms with Gasteiger partial charge in [-0.1, -0.05) is 15.9 Å². The fourth-order valence-electron chi connectivity index (χ4n) is 1.61. The number of nitrogens with zero attached hydrogens (tertiary/aromatic N) is 1. The third-order valence-electron chi connectivity index (χ3n) is 2.69. The number of alkyl halides is 3. The zero-order valence-electron chi connectivity index (χ0n) is 11.6. The van der Waals surface area contributed by atoms with Gasteiger partial charge in [-0.2, -0.15) is 13.2 Å². The molecule has 1 aromatic rings. The van der Waals surface area contributed by atoms with Crippen LogP contribution in [0.15, 0.2) is 22.7 Å². The van der Waals surface area contributed by atoms with E-state index in [9.17, 15) is 22.8 Å². The van der Waals surface area contributed by atoms with Gasteiger partial charge in [0, 0.05) is 24.1 Å². The Hall–Kier alpha value is -1.57. The third kappa shape index (κ3) is 4.45. The van der Waals surface area contributed by atoms with E-state index in [1.54, 1.807) is 0 Å². The molecule has 0 bridgehead atoms. The molecular formula is C13H14BrF3N2O2. The van der Waals surface area contributed by atoms with Gasteiger partial charge in [0.2, 0.25) is 5.91 Å². The molecule has 0 heterocycles. The number of likely N-dealkylation sites (N-methyl/N-ethyl adjacent to an activating group) is 1. The number of hydrogen-bond acceptors (Lipinski definition) is 2. The van der Waals surface area contributed by atoms with Crippen molar-refractivity contribution in [3.05, 3.63) is 33.8 Å². The lowest BCUT2D eigenvalue weighted by atomic mass is 10.1. The molecule has 4 nitrogen and oxygen atoms in total. The summed E-state index contributed by atoms with van der Waals surface area (Å²) in [4.78, 5) is 24.8. The number of nitrogens with one attached hydrogen (secondary N) is 1. The van der Waals surface area contributed by atoms with Crippen LogP contribution in [0.25, 0.3) is 0 Å².